The Labute approximate surface area is 573 Å². The van der Waals surface area contributed by atoms with E-state index in [1.807, 2.05) is 0 Å². The molecule has 7 rings (SSSR count). The van der Waals surface area contributed by atoms with E-state index in [1.54, 1.807) is 0 Å². The highest BCUT2D eigenvalue weighted by atomic mass is 16.8. The van der Waals surface area contributed by atoms with Crippen molar-refractivity contribution in [1.29, 1.82) is 0 Å². The molecule has 0 aromatic rings. The molecule has 0 radical (unpaired) electrons. The maximum Gasteiger partial charge on any atom is 0.220 e. The van der Waals surface area contributed by atoms with Crippen molar-refractivity contribution >= 4 is 29.4 Å². The summed E-state index contributed by atoms with van der Waals surface area (Å²) in [4.78, 5) is 61.2. The number of carbonyl (C=O) groups is 5. The molecule has 21 N–H and O–H groups in total. The summed E-state index contributed by atoms with van der Waals surface area (Å²) in [6, 6.07) is -3.42. The molecule has 0 aromatic heterocycles. The zero-order valence-corrected chi connectivity index (χ0v) is 56.0. The van der Waals surface area contributed by atoms with Gasteiger partial charge in [-0.15, -0.1) is 0 Å². The summed E-state index contributed by atoms with van der Waals surface area (Å²) in [6.07, 6.45) is -58.2. The molecule has 0 bridgehead atoms. The van der Waals surface area contributed by atoms with Crippen LogP contribution in [-0.2, 0) is 90.3 Å². The quantitative estimate of drug-likeness (QED) is 0.0278. The third-order valence-corrected chi connectivity index (χ3v) is 18.2. The molecule has 4 amide bonds. The van der Waals surface area contributed by atoms with Crippen LogP contribution in [0.4, 0.5) is 0 Å². The fourth-order valence-corrected chi connectivity index (χ4v) is 12.6. The fourth-order valence-electron chi connectivity index (χ4n) is 12.6. The fraction of sp³-hybridized carbons (Fsp3) is 0.917. The lowest BCUT2D eigenvalue weighted by Gasteiger charge is -2.51. The highest BCUT2D eigenvalue weighted by Crippen LogP contribution is 2.39. The summed E-state index contributed by atoms with van der Waals surface area (Å²) in [6.45, 7) is 4.04. The van der Waals surface area contributed by atoms with E-state index in [0.29, 0.717) is 32.1 Å². The van der Waals surface area contributed by atoms with Crippen LogP contribution in [0.2, 0.25) is 0 Å². The van der Waals surface area contributed by atoms with Gasteiger partial charge in [-0.3, -0.25) is 19.2 Å². The third-order valence-electron chi connectivity index (χ3n) is 18.2. The van der Waals surface area contributed by atoms with Crippen molar-refractivity contribution in [3.05, 3.63) is 0 Å². The van der Waals surface area contributed by atoms with Gasteiger partial charge in [-0.25, -0.2) is 0 Å². The van der Waals surface area contributed by atoms with Gasteiger partial charge in [-0.2, -0.15) is 0 Å². The minimum Gasteiger partial charge on any atom is -0.394 e. The molecule has 7 heterocycles. The normalized spacial score (nSPS) is 44.0. The van der Waals surface area contributed by atoms with Gasteiger partial charge in [0.05, 0.1) is 44.7 Å². The topological polar surface area (TPSA) is 607 Å². The van der Waals surface area contributed by atoms with Crippen LogP contribution in [0, 0.1) is 0 Å². The van der Waals surface area contributed by atoms with Crippen LogP contribution in [0.1, 0.15) is 86.5 Å². The molecular weight excluding hydrogens is 1350 g/mol. The van der Waals surface area contributed by atoms with Crippen molar-refractivity contribution in [3.8, 4) is 0 Å². The first-order chi connectivity index (χ1) is 47.3. The number of aliphatic hydroxyl groups is 17. The van der Waals surface area contributed by atoms with Crippen LogP contribution in [0.25, 0.3) is 0 Å². The van der Waals surface area contributed by atoms with Crippen LogP contribution < -0.4 is 21.3 Å². The van der Waals surface area contributed by atoms with Gasteiger partial charge in [0.25, 0.3) is 0 Å². The Balaban J connectivity index is 1.03. The zero-order valence-electron chi connectivity index (χ0n) is 56.0. The average molecular weight is 1460 g/mol. The van der Waals surface area contributed by atoms with E-state index in [-0.39, 0.29) is 50.1 Å². The van der Waals surface area contributed by atoms with Gasteiger partial charge >= 0.3 is 0 Å². The van der Waals surface area contributed by atoms with Crippen LogP contribution in [-0.4, -0.2) is 377 Å². The van der Waals surface area contributed by atoms with E-state index < -0.39 is 253 Å². The number of carbonyl (C=O) groups excluding carboxylic acids is 5. The SMILES string of the molecule is CC(=O)CCCC(=O)NCCNC(=O)CCCCCO[C@@H]1O[C@@H](C)[C@H](O)[C@@H](O[C@H]2O[C@H](CO)[C@@H](O)[C@H](O[C@H]3O[C@H](CO)[C@@H](O)[C@H](O)[C@H]3O[C@@H]3O[C@@H](C)[C@H](O)[C@@H](O[C@@H]4O[C@@H](C)[C@H](O)[C@@H](O[C@H]5O[C@H](CO)[C@@H](O)[C@H](O[C@H]6O[C@H](CO)[C@@H](O)[C@H](O)[C@H]6O)[C@H]5NC(C)=O)[C@H]4O)[C@H]3O)[C@H]2NC(C)=O)[C@H]1O. The monoisotopic (exact) mass is 1450 g/mol. The molecule has 40 nitrogen and oxygen atoms in total. The van der Waals surface area contributed by atoms with Gasteiger partial charge in [-0.1, -0.05) is 6.42 Å². The van der Waals surface area contributed by atoms with Gasteiger partial charge in [0.1, 0.15) is 158 Å². The van der Waals surface area contributed by atoms with Gasteiger partial charge in [-0.05, 0) is 47.0 Å². The molecule has 7 aliphatic rings. The maximum absolute atomic E-state index is 13.0. The molecule has 7 aliphatic heterocycles. The molecule has 35 atom stereocenters. The molecular formula is C60H102N4O36. The molecule has 0 aliphatic carbocycles. The van der Waals surface area contributed by atoms with Crippen molar-refractivity contribution in [2.45, 2.75) is 301 Å². The van der Waals surface area contributed by atoms with Gasteiger partial charge in [0.15, 0.2) is 44.0 Å². The van der Waals surface area contributed by atoms with Crippen molar-refractivity contribution in [3.63, 3.8) is 0 Å². The minimum absolute atomic E-state index is 0.0163. The number of nitrogens with one attached hydrogen (secondary N) is 4. The van der Waals surface area contributed by atoms with Gasteiger partial charge in [0.2, 0.25) is 23.6 Å². The number of hydrogen-bond acceptors (Lipinski definition) is 36. The minimum atomic E-state index is -2.22. The first-order valence-electron chi connectivity index (χ1n) is 33.3. The van der Waals surface area contributed by atoms with E-state index >= 15 is 0 Å². The van der Waals surface area contributed by atoms with E-state index in [2.05, 4.69) is 21.3 Å². The number of rotatable bonds is 32. The van der Waals surface area contributed by atoms with Crippen molar-refractivity contribution < 1.29 is 177 Å². The third kappa shape index (κ3) is 20.9. The summed E-state index contributed by atoms with van der Waals surface area (Å²) in [5, 5.41) is 199. The molecule has 40 heteroatoms. The van der Waals surface area contributed by atoms with Gasteiger partial charge < -0.3 is 179 Å². The molecule has 7 saturated heterocycles. The summed E-state index contributed by atoms with van der Waals surface area (Å²) in [5.41, 5.74) is 0. The number of hydrogen-bond donors (Lipinski definition) is 21. The molecule has 0 unspecified atom stereocenters. The Hall–Kier alpha value is -3.69. The zero-order chi connectivity index (χ0) is 73.7. The lowest BCUT2D eigenvalue weighted by atomic mass is 9.94. The summed E-state index contributed by atoms with van der Waals surface area (Å²) in [5.74, 6) is -2.15. The summed E-state index contributed by atoms with van der Waals surface area (Å²) >= 11 is 0. The van der Waals surface area contributed by atoms with Crippen LogP contribution >= 0.6 is 0 Å². The first kappa shape index (κ1) is 83.6. The lowest BCUT2D eigenvalue weighted by molar-refractivity contribution is -0.397. The Morgan fingerprint density at radius 3 is 1.12 bits per heavy atom. The Bertz CT molecular complexity index is 2560. The van der Waals surface area contributed by atoms with E-state index in [9.17, 15) is 111 Å². The summed E-state index contributed by atoms with van der Waals surface area (Å²) < 4.78 is 83.1. The van der Waals surface area contributed by atoms with E-state index in [4.69, 9.17) is 66.3 Å². The second kappa shape index (κ2) is 38.5. The maximum atomic E-state index is 13.0. The smallest absolute Gasteiger partial charge is 0.220 e. The van der Waals surface area contributed by atoms with Crippen LogP contribution in [0.3, 0.4) is 0 Å². The number of unbranched alkanes of at least 4 members (excludes halogenated alkanes) is 2. The highest BCUT2D eigenvalue weighted by Gasteiger charge is 2.59. The number of ether oxygens (including phenoxy) is 14. The predicted octanol–water partition coefficient (Wildman–Crippen LogP) is -11.3. The largest absolute Gasteiger partial charge is 0.394 e. The number of amides is 4. The van der Waals surface area contributed by atoms with Crippen molar-refractivity contribution in [2.24, 2.45) is 0 Å². The standard InChI is InChI=1S/C60H102N4O36/c1-21(69)11-10-13-32(73)62-15-14-61-31(72)12-8-7-9-16-87-56-45(84)50(35(74)22(2)88-56)97-55-34(64-26(6)71)49(41(80)30(20-68)92-55)96-60-53(43(82)39(78)28(18-66)94-60)100-59-47(86)52(37(76)24(4)90-59)99-58-46(85)51(36(75)23(3)89-58)98-54-33(63-25(5)70)48(40(79)29(19-67)91-54)95-57-44(83)42(81)38(77)27(17-65)93-57/h22-24,27-30,33-60,65-68,74-86H,7-20H2,1-6H3,(H,61,72)(H,62,73)(H,63,70)(H,64,71)/t22-,23-,24-,27+,28+,29+,30+,33+,34+,35-,36-,37-,38+,39+,40+,41+,42-,43-,44+,45+,46+,47+,48+,49+,50+,51+,52+,53+,54+,55+,56+,57+,58-,59-,60+/m0/s1. The first-order valence-corrected chi connectivity index (χ1v) is 33.3. The number of aliphatic hydroxyl groups excluding tert-OH is 17. The average Bonchev–Trinajstić information content (AvgIpc) is 0.772. The van der Waals surface area contributed by atoms with Crippen LogP contribution in [0.15, 0.2) is 0 Å². The van der Waals surface area contributed by atoms with Crippen molar-refractivity contribution in [1.82, 2.24) is 21.3 Å². The van der Waals surface area contributed by atoms with E-state index in [0.717, 1.165) is 13.8 Å². The molecule has 0 aromatic carbocycles. The number of ketones is 1. The van der Waals surface area contributed by atoms with E-state index in [1.165, 1.54) is 27.7 Å². The predicted molar refractivity (Wildman–Crippen MR) is 323 cm³/mol. The lowest BCUT2D eigenvalue weighted by Crippen LogP contribution is -2.70. The summed E-state index contributed by atoms with van der Waals surface area (Å²) in [7, 11) is 0. The molecule has 578 valence electrons. The highest BCUT2D eigenvalue weighted by molar-refractivity contribution is 5.79. The van der Waals surface area contributed by atoms with Crippen LogP contribution in [0.5, 0.6) is 0 Å². The second-order valence-electron chi connectivity index (χ2n) is 25.9. The Kier molecular flexibility index (Phi) is 32.2. The molecule has 7 fully saturated rings. The molecule has 100 heavy (non-hydrogen) atoms. The van der Waals surface area contributed by atoms with Crippen molar-refractivity contribution in [2.75, 3.05) is 46.1 Å². The second-order valence-corrected chi connectivity index (χ2v) is 25.9. The number of Topliss-reactive ketones (excluding diaryl/α,β-unsaturated/α-hetero) is 1. The molecule has 0 spiro atoms. The Morgan fingerprint density at radius 1 is 0.330 bits per heavy atom. The van der Waals surface area contributed by atoms with Gasteiger partial charge in [0, 0.05) is 52.8 Å². The Morgan fingerprint density at radius 2 is 0.680 bits per heavy atom. The molecule has 0 saturated carbocycles.